The molecule has 1 fully saturated rings. The Bertz CT molecular complexity index is 554. The van der Waals surface area contributed by atoms with Crippen LogP contribution in [0.15, 0.2) is 41.8 Å². The lowest BCUT2D eigenvalue weighted by atomic mass is 9.81. The van der Waals surface area contributed by atoms with Crippen molar-refractivity contribution in [3.63, 3.8) is 0 Å². The predicted octanol–water partition coefficient (Wildman–Crippen LogP) is 3.76. The van der Waals surface area contributed by atoms with Gasteiger partial charge in [-0.3, -0.25) is 0 Å². The average molecular weight is 270 g/mol. The second-order valence-electron chi connectivity index (χ2n) is 5.95. The third-order valence-corrected chi connectivity index (χ3v) is 6.09. The summed E-state index contributed by atoms with van der Waals surface area (Å²) in [5.41, 5.74) is 2.31. The van der Waals surface area contributed by atoms with Gasteiger partial charge in [-0.05, 0) is 60.1 Å². The Morgan fingerprint density at radius 3 is 2.11 bits per heavy atom. The van der Waals surface area contributed by atoms with Gasteiger partial charge in [0, 0.05) is 4.88 Å². The Kier molecular flexibility index (Phi) is 2.58. The van der Waals surface area contributed by atoms with Gasteiger partial charge in [-0.25, -0.2) is 0 Å². The number of thiophene rings is 1. The first-order valence-corrected chi connectivity index (χ1v) is 7.99. The standard InChI is InChI=1S/C17H18OS/c18-17(16-6-3-9-19-16)14-7-8-15(17)11-13-5-2-1-4-12(13)10-14/h1-6,9,14-15,18H,7-8,10-11H2. The van der Waals surface area contributed by atoms with E-state index in [1.165, 1.54) is 16.0 Å². The van der Waals surface area contributed by atoms with Gasteiger partial charge in [0.05, 0.1) is 0 Å². The van der Waals surface area contributed by atoms with Crippen molar-refractivity contribution in [2.75, 3.05) is 0 Å². The van der Waals surface area contributed by atoms with Crippen LogP contribution in [0.3, 0.4) is 0 Å². The molecule has 2 aromatic rings. The Morgan fingerprint density at radius 1 is 0.947 bits per heavy atom. The number of fused-ring (bicyclic) bond motifs is 3. The SMILES string of the molecule is OC1(c2cccs2)C2CCC1Cc1ccccc1C2. The van der Waals surface area contributed by atoms with Crippen LogP contribution < -0.4 is 0 Å². The van der Waals surface area contributed by atoms with Crippen LogP contribution in [0.5, 0.6) is 0 Å². The molecule has 1 heterocycles. The van der Waals surface area contributed by atoms with Crippen LogP contribution in [0.4, 0.5) is 0 Å². The highest BCUT2D eigenvalue weighted by Gasteiger charge is 2.51. The highest BCUT2D eigenvalue weighted by atomic mass is 32.1. The van der Waals surface area contributed by atoms with Crippen molar-refractivity contribution in [1.82, 2.24) is 0 Å². The minimum absolute atomic E-state index is 0.389. The molecular formula is C17H18OS. The molecule has 2 unspecified atom stereocenters. The second-order valence-corrected chi connectivity index (χ2v) is 6.90. The van der Waals surface area contributed by atoms with Gasteiger partial charge in [-0.2, -0.15) is 0 Å². The third kappa shape index (κ3) is 1.63. The summed E-state index contributed by atoms with van der Waals surface area (Å²) in [6, 6.07) is 12.9. The number of aliphatic hydroxyl groups is 1. The normalized spacial score (nSPS) is 32.9. The van der Waals surface area contributed by atoms with Crippen LogP contribution >= 0.6 is 11.3 Å². The molecule has 2 heteroatoms. The van der Waals surface area contributed by atoms with E-state index in [1.54, 1.807) is 11.3 Å². The minimum Gasteiger partial charge on any atom is -0.384 e. The van der Waals surface area contributed by atoms with Gasteiger partial charge >= 0.3 is 0 Å². The van der Waals surface area contributed by atoms with Crippen LogP contribution in [0, 0.1) is 11.8 Å². The van der Waals surface area contributed by atoms with Crippen LogP contribution in [-0.2, 0) is 18.4 Å². The highest BCUT2D eigenvalue weighted by Crippen LogP contribution is 2.53. The molecule has 2 atom stereocenters. The van der Waals surface area contributed by atoms with Crippen molar-refractivity contribution in [2.45, 2.75) is 31.3 Å². The van der Waals surface area contributed by atoms with Gasteiger partial charge in [0.2, 0.25) is 0 Å². The number of hydrogen-bond acceptors (Lipinski definition) is 2. The molecule has 0 radical (unpaired) electrons. The Hall–Kier alpha value is -1.12. The lowest BCUT2D eigenvalue weighted by molar-refractivity contribution is -0.0361. The summed E-state index contributed by atoms with van der Waals surface area (Å²) in [4.78, 5) is 1.17. The van der Waals surface area contributed by atoms with Crippen molar-refractivity contribution in [2.24, 2.45) is 11.8 Å². The molecule has 1 aromatic carbocycles. The molecule has 4 rings (SSSR count). The first-order chi connectivity index (χ1) is 9.28. The molecule has 0 spiro atoms. The number of rotatable bonds is 1. The van der Waals surface area contributed by atoms with Gasteiger partial charge in [0.15, 0.2) is 0 Å². The van der Waals surface area contributed by atoms with Crippen molar-refractivity contribution in [3.05, 3.63) is 57.8 Å². The highest BCUT2D eigenvalue weighted by molar-refractivity contribution is 7.10. The summed E-state index contributed by atoms with van der Waals surface area (Å²) in [6.07, 6.45) is 4.38. The van der Waals surface area contributed by atoms with Gasteiger partial charge in [-0.1, -0.05) is 30.3 Å². The monoisotopic (exact) mass is 270 g/mol. The van der Waals surface area contributed by atoms with Crippen molar-refractivity contribution in [3.8, 4) is 0 Å². The molecule has 2 aliphatic carbocycles. The van der Waals surface area contributed by atoms with Crippen LogP contribution in [-0.4, -0.2) is 5.11 Å². The van der Waals surface area contributed by atoms with Crippen molar-refractivity contribution < 1.29 is 5.11 Å². The van der Waals surface area contributed by atoms with Gasteiger partial charge < -0.3 is 5.11 Å². The fraction of sp³-hybridized carbons (Fsp3) is 0.412. The Morgan fingerprint density at radius 2 is 1.58 bits per heavy atom. The summed E-state index contributed by atoms with van der Waals surface area (Å²) >= 11 is 1.71. The molecule has 1 aromatic heterocycles. The van der Waals surface area contributed by atoms with E-state index in [0.717, 1.165) is 25.7 Å². The van der Waals surface area contributed by atoms with E-state index in [1.807, 2.05) is 0 Å². The third-order valence-electron chi connectivity index (χ3n) is 5.08. The maximum Gasteiger partial charge on any atom is 0.105 e. The lowest BCUT2D eigenvalue weighted by Gasteiger charge is -2.33. The van der Waals surface area contributed by atoms with E-state index >= 15 is 0 Å². The molecule has 98 valence electrons. The molecular weight excluding hydrogens is 252 g/mol. The largest absolute Gasteiger partial charge is 0.384 e. The van der Waals surface area contributed by atoms with E-state index in [2.05, 4.69) is 41.8 Å². The fourth-order valence-corrected chi connectivity index (χ4v) is 5.07. The molecule has 2 bridgehead atoms. The zero-order valence-corrected chi connectivity index (χ0v) is 11.7. The Labute approximate surface area is 117 Å². The van der Waals surface area contributed by atoms with Crippen molar-refractivity contribution >= 4 is 11.3 Å². The van der Waals surface area contributed by atoms with E-state index in [0.29, 0.717) is 11.8 Å². The smallest absolute Gasteiger partial charge is 0.105 e. The molecule has 0 amide bonds. The molecule has 0 saturated heterocycles. The van der Waals surface area contributed by atoms with E-state index in [-0.39, 0.29) is 0 Å². The van der Waals surface area contributed by atoms with Gasteiger partial charge in [0.1, 0.15) is 5.60 Å². The van der Waals surface area contributed by atoms with Crippen LogP contribution in [0.1, 0.15) is 28.8 Å². The van der Waals surface area contributed by atoms with Crippen LogP contribution in [0.2, 0.25) is 0 Å². The molecule has 1 saturated carbocycles. The van der Waals surface area contributed by atoms with Crippen molar-refractivity contribution in [1.29, 1.82) is 0 Å². The molecule has 1 N–H and O–H groups in total. The topological polar surface area (TPSA) is 20.2 Å². The maximum absolute atomic E-state index is 11.4. The molecule has 0 aliphatic heterocycles. The van der Waals surface area contributed by atoms with E-state index in [9.17, 15) is 5.11 Å². The van der Waals surface area contributed by atoms with Crippen LogP contribution in [0.25, 0.3) is 0 Å². The summed E-state index contributed by atoms with van der Waals surface area (Å²) in [5.74, 6) is 0.777. The molecule has 19 heavy (non-hydrogen) atoms. The minimum atomic E-state index is -0.590. The summed E-state index contributed by atoms with van der Waals surface area (Å²) in [5, 5.41) is 13.5. The first kappa shape index (κ1) is 11.7. The summed E-state index contributed by atoms with van der Waals surface area (Å²) in [7, 11) is 0. The zero-order valence-electron chi connectivity index (χ0n) is 10.9. The first-order valence-electron chi connectivity index (χ1n) is 7.11. The average Bonchev–Trinajstić information content (AvgIpc) is 2.99. The zero-order chi connectivity index (χ0) is 12.9. The quantitative estimate of drug-likeness (QED) is 0.836. The van der Waals surface area contributed by atoms with Gasteiger partial charge in [-0.15, -0.1) is 11.3 Å². The lowest BCUT2D eigenvalue weighted by Crippen LogP contribution is -2.36. The molecule has 2 aliphatic rings. The predicted molar refractivity (Wildman–Crippen MR) is 78.3 cm³/mol. The fourth-order valence-electron chi connectivity index (χ4n) is 4.09. The maximum atomic E-state index is 11.4. The molecule has 1 nitrogen and oxygen atoms in total. The van der Waals surface area contributed by atoms with E-state index < -0.39 is 5.60 Å². The number of hydrogen-bond donors (Lipinski definition) is 1. The summed E-state index contributed by atoms with van der Waals surface area (Å²) in [6.45, 7) is 0. The Balaban J connectivity index is 1.82. The van der Waals surface area contributed by atoms with E-state index in [4.69, 9.17) is 0 Å². The second kappa shape index (κ2) is 4.19. The number of benzene rings is 1. The summed E-state index contributed by atoms with van der Waals surface area (Å²) < 4.78 is 0. The van der Waals surface area contributed by atoms with Gasteiger partial charge in [0.25, 0.3) is 0 Å².